The fraction of sp³-hybridized carbons (Fsp3) is 0. The molecule has 0 radical (unpaired) electrons. The highest BCUT2D eigenvalue weighted by Crippen LogP contribution is 2.33. The highest BCUT2D eigenvalue weighted by atomic mass is 16.6. The fourth-order valence-corrected chi connectivity index (χ4v) is 3.65. The highest BCUT2D eigenvalue weighted by molar-refractivity contribution is 6.32. The molecule has 0 saturated heterocycles. The molecule has 9 heteroatoms. The van der Waals surface area contributed by atoms with E-state index in [-0.39, 0.29) is 22.8 Å². The molecule has 0 saturated carbocycles. The van der Waals surface area contributed by atoms with Gasteiger partial charge in [0.2, 0.25) is 0 Å². The van der Waals surface area contributed by atoms with Crippen molar-refractivity contribution in [3.05, 3.63) is 105 Å². The van der Waals surface area contributed by atoms with Gasteiger partial charge in [0, 0.05) is 34.2 Å². The summed E-state index contributed by atoms with van der Waals surface area (Å²) in [5, 5.41) is 15.4. The molecule has 4 aromatic rings. The summed E-state index contributed by atoms with van der Waals surface area (Å²) in [6.07, 6.45) is 2.78. The number of carbonyl (C=O) groups excluding carboxylic acids is 2. The second-order valence-electron chi connectivity index (χ2n) is 7.03. The number of ketones is 2. The predicted molar refractivity (Wildman–Crippen MR) is 117 cm³/mol. The van der Waals surface area contributed by atoms with Crippen molar-refractivity contribution in [3.63, 3.8) is 0 Å². The number of rotatable bonds is 4. The number of benzene rings is 3. The van der Waals surface area contributed by atoms with Gasteiger partial charge in [-0.1, -0.05) is 24.3 Å². The van der Waals surface area contributed by atoms with Crippen LogP contribution in [0.3, 0.4) is 0 Å². The van der Waals surface area contributed by atoms with E-state index in [1.807, 2.05) is 0 Å². The molecular weight excluding hydrogens is 410 g/mol. The Morgan fingerprint density at radius 2 is 1.59 bits per heavy atom. The van der Waals surface area contributed by atoms with E-state index in [9.17, 15) is 19.7 Å². The highest BCUT2D eigenvalue weighted by Gasteiger charge is 2.31. The molecule has 0 fully saturated rings. The Balaban J connectivity index is 1.51. The minimum absolute atomic E-state index is 0.0116. The Kier molecular flexibility index (Phi) is 4.48. The summed E-state index contributed by atoms with van der Waals surface area (Å²) in [5.74, 6) is -0.128. The average molecular weight is 423 g/mol. The number of hydrogen-bond acceptors (Lipinski definition) is 8. The van der Waals surface area contributed by atoms with Crippen LogP contribution in [-0.4, -0.2) is 32.7 Å². The van der Waals surface area contributed by atoms with E-state index in [0.29, 0.717) is 39.0 Å². The lowest BCUT2D eigenvalue weighted by molar-refractivity contribution is -0.384. The van der Waals surface area contributed by atoms with E-state index >= 15 is 0 Å². The largest absolute Gasteiger partial charge is 0.289 e. The van der Waals surface area contributed by atoms with Gasteiger partial charge in [0.25, 0.3) is 5.69 Å². The third-order valence-corrected chi connectivity index (χ3v) is 5.18. The quantitative estimate of drug-likeness (QED) is 0.265. The first kappa shape index (κ1) is 19.2. The van der Waals surface area contributed by atoms with Gasteiger partial charge in [-0.3, -0.25) is 25.1 Å². The van der Waals surface area contributed by atoms with Crippen molar-refractivity contribution >= 4 is 40.2 Å². The number of fused-ring (bicyclic) bond motifs is 4. The molecule has 0 atom stereocenters. The Morgan fingerprint density at radius 1 is 0.875 bits per heavy atom. The third kappa shape index (κ3) is 3.08. The third-order valence-electron chi connectivity index (χ3n) is 5.18. The molecule has 0 unspecified atom stereocenters. The molecule has 1 aliphatic carbocycles. The summed E-state index contributed by atoms with van der Waals surface area (Å²) in [6.45, 7) is 0. The van der Waals surface area contributed by atoms with Crippen LogP contribution in [-0.2, 0) is 0 Å². The van der Waals surface area contributed by atoms with E-state index in [2.05, 4.69) is 20.5 Å². The van der Waals surface area contributed by atoms with Crippen LogP contribution in [0.15, 0.2) is 72.1 Å². The molecule has 5 rings (SSSR count). The first-order valence-corrected chi connectivity index (χ1v) is 9.54. The van der Waals surface area contributed by atoms with E-state index in [4.69, 9.17) is 0 Å². The lowest BCUT2D eigenvalue weighted by Gasteiger charge is -2.18. The first-order chi connectivity index (χ1) is 15.5. The maximum absolute atomic E-state index is 13.1. The van der Waals surface area contributed by atoms with Gasteiger partial charge in [-0.2, -0.15) is 5.10 Å². The van der Waals surface area contributed by atoms with Crippen LogP contribution in [0.1, 0.15) is 37.4 Å². The zero-order valence-electron chi connectivity index (χ0n) is 16.4. The van der Waals surface area contributed by atoms with Crippen molar-refractivity contribution in [1.82, 2.24) is 9.97 Å². The molecule has 1 N–H and O–H groups in total. The molecule has 0 bridgehead atoms. The number of nitro groups is 1. The molecule has 1 aromatic heterocycles. The summed E-state index contributed by atoms with van der Waals surface area (Å²) < 4.78 is 0. The number of hydrogen-bond donors (Lipinski definition) is 1. The second kappa shape index (κ2) is 7.47. The van der Waals surface area contributed by atoms with Crippen LogP contribution in [0.4, 0.5) is 11.5 Å². The van der Waals surface area contributed by atoms with Crippen molar-refractivity contribution in [2.24, 2.45) is 5.10 Å². The number of nitrogens with one attached hydrogen (secondary N) is 1. The van der Waals surface area contributed by atoms with Crippen LogP contribution in [0.2, 0.25) is 0 Å². The molecule has 0 spiro atoms. The number of nitrogens with zero attached hydrogens (tertiary/aromatic N) is 4. The molecule has 9 nitrogen and oxygen atoms in total. The van der Waals surface area contributed by atoms with Crippen molar-refractivity contribution < 1.29 is 14.5 Å². The SMILES string of the molecule is O=C1c2ccccc2C(=O)c2c1ccc1c(N/N=C\c3ccc([N+](=O)[O-])cc3)ncnc21. The topological polar surface area (TPSA) is 127 Å². The number of nitro benzene ring substituents is 1. The predicted octanol–water partition coefficient (Wildman–Crippen LogP) is 3.76. The summed E-state index contributed by atoms with van der Waals surface area (Å²) in [4.78, 5) is 44.8. The molecule has 154 valence electrons. The summed E-state index contributed by atoms with van der Waals surface area (Å²) >= 11 is 0. The normalized spacial score (nSPS) is 12.6. The molecule has 1 heterocycles. The Labute approximate surface area is 180 Å². The zero-order valence-corrected chi connectivity index (χ0v) is 16.4. The second-order valence-corrected chi connectivity index (χ2v) is 7.03. The van der Waals surface area contributed by atoms with Crippen molar-refractivity contribution in [2.75, 3.05) is 5.43 Å². The number of carbonyl (C=O) groups is 2. The van der Waals surface area contributed by atoms with Gasteiger partial charge in [0.1, 0.15) is 6.33 Å². The van der Waals surface area contributed by atoms with Gasteiger partial charge >= 0.3 is 0 Å². The lowest BCUT2D eigenvalue weighted by atomic mass is 9.83. The fourth-order valence-electron chi connectivity index (χ4n) is 3.65. The van der Waals surface area contributed by atoms with E-state index in [0.717, 1.165) is 0 Å². The van der Waals surface area contributed by atoms with Gasteiger partial charge < -0.3 is 0 Å². The van der Waals surface area contributed by atoms with E-state index in [1.54, 1.807) is 48.5 Å². The van der Waals surface area contributed by atoms with Crippen LogP contribution >= 0.6 is 0 Å². The van der Waals surface area contributed by atoms with Crippen LogP contribution < -0.4 is 5.43 Å². The monoisotopic (exact) mass is 423 g/mol. The van der Waals surface area contributed by atoms with Gasteiger partial charge in [-0.05, 0) is 29.8 Å². The van der Waals surface area contributed by atoms with Crippen molar-refractivity contribution in [1.29, 1.82) is 0 Å². The minimum atomic E-state index is -0.475. The number of aromatic nitrogens is 2. The Hall–Kier alpha value is -4.79. The summed E-state index contributed by atoms with van der Waals surface area (Å²) in [6, 6.07) is 15.9. The van der Waals surface area contributed by atoms with Crippen LogP contribution in [0, 0.1) is 10.1 Å². The van der Waals surface area contributed by atoms with Crippen LogP contribution in [0.5, 0.6) is 0 Å². The molecular formula is C23H13N5O4. The standard InChI is InChI=1S/C23H13N5O4/c29-21-15-3-1-2-4-16(15)22(30)19-17(21)9-10-18-20(19)24-12-25-23(18)27-26-11-13-5-7-14(8-6-13)28(31)32/h1-12H,(H,24,25,27)/b26-11-. The van der Waals surface area contributed by atoms with Gasteiger partial charge in [-0.25, -0.2) is 9.97 Å². The zero-order chi connectivity index (χ0) is 22.2. The first-order valence-electron chi connectivity index (χ1n) is 9.54. The molecule has 0 aliphatic heterocycles. The van der Waals surface area contributed by atoms with Gasteiger partial charge in [0.05, 0.1) is 22.2 Å². The minimum Gasteiger partial charge on any atom is -0.289 e. The van der Waals surface area contributed by atoms with Crippen LogP contribution in [0.25, 0.3) is 10.9 Å². The van der Waals surface area contributed by atoms with Crippen molar-refractivity contribution in [3.8, 4) is 0 Å². The van der Waals surface area contributed by atoms with Gasteiger partial charge in [-0.15, -0.1) is 0 Å². The smallest absolute Gasteiger partial charge is 0.269 e. The number of hydrazone groups is 1. The van der Waals surface area contributed by atoms with Gasteiger partial charge in [0.15, 0.2) is 17.4 Å². The number of anilines is 1. The molecule has 1 aliphatic rings. The average Bonchev–Trinajstić information content (AvgIpc) is 2.82. The Morgan fingerprint density at radius 3 is 2.31 bits per heavy atom. The maximum atomic E-state index is 13.1. The number of non-ortho nitro benzene ring substituents is 1. The van der Waals surface area contributed by atoms with E-state index < -0.39 is 4.92 Å². The maximum Gasteiger partial charge on any atom is 0.269 e. The molecule has 3 aromatic carbocycles. The summed E-state index contributed by atoms with van der Waals surface area (Å²) in [7, 11) is 0. The summed E-state index contributed by atoms with van der Waals surface area (Å²) in [5.41, 5.74) is 5.09. The Bertz CT molecular complexity index is 1460. The molecule has 32 heavy (non-hydrogen) atoms. The lowest BCUT2D eigenvalue weighted by Crippen LogP contribution is -2.21. The molecule has 0 amide bonds. The van der Waals surface area contributed by atoms with Crippen molar-refractivity contribution in [2.45, 2.75) is 0 Å². The van der Waals surface area contributed by atoms with E-state index in [1.165, 1.54) is 24.7 Å².